The van der Waals surface area contributed by atoms with Gasteiger partial charge >= 0.3 is 0 Å². The molecule has 0 saturated heterocycles. The van der Waals surface area contributed by atoms with Crippen LogP contribution in [0.4, 0.5) is 0 Å². The van der Waals surface area contributed by atoms with Gasteiger partial charge in [-0.15, -0.1) is 0 Å². The zero-order chi connectivity index (χ0) is 15.0. The summed E-state index contributed by atoms with van der Waals surface area (Å²) in [5.41, 5.74) is 8.35. The molecule has 0 unspecified atom stereocenters. The zero-order valence-electron chi connectivity index (χ0n) is 13.2. The maximum absolute atomic E-state index is 5.84. The van der Waals surface area contributed by atoms with E-state index in [1.54, 1.807) is 0 Å². The van der Waals surface area contributed by atoms with Crippen LogP contribution in [0, 0.1) is 5.92 Å². The molecule has 4 heteroatoms. The molecular weight excluding hydrogens is 248 g/mol. The van der Waals surface area contributed by atoms with E-state index < -0.39 is 0 Å². The topological polar surface area (TPSA) is 53.6 Å². The third kappa shape index (κ3) is 6.57. The van der Waals surface area contributed by atoms with Gasteiger partial charge in [0.1, 0.15) is 0 Å². The van der Waals surface area contributed by atoms with Crippen LogP contribution in [0.25, 0.3) is 0 Å². The quantitative estimate of drug-likeness (QED) is 0.593. The lowest BCUT2D eigenvalue weighted by molar-refractivity contribution is 0.345. The smallest absolute Gasteiger partial charge is 0.188 e. The van der Waals surface area contributed by atoms with Crippen molar-refractivity contribution in [3.63, 3.8) is 0 Å². The lowest BCUT2D eigenvalue weighted by Gasteiger charge is -2.14. The lowest BCUT2D eigenvalue weighted by Crippen LogP contribution is -2.34. The highest BCUT2D eigenvalue weighted by Gasteiger charge is 2.00. The summed E-state index contributed by atoms with van der Waals surface area (Å²) in [5, 5.41) is 3.13. The van der Waals surface area contributed by atoms with Crippen molar-refractivity contribution in [2.75, 3.05) is 20.1 Å². The van der Waals surface area contributed by atoms with Gasteiger partial charge in [-0.1, -0.05) is 45.0 Å². The van der Waals surface area contributed by atoms with Crippen LogP contribution in [-0.4, -0.2) is 31.0 Å². The second-order valence-electron chi connectivity index (χ2n) is 5.63. The highest BCUT2D eigenvalue weighted by Crippen LogP contribution is 2.08. The molecule has 20 heavy (non-hydrogen) atoms. The fraction of sp³-hybridized carbons (Fsp3) is 0.562. The summed E-state index contributed by atoms with van der Waals surface area (Å²) in [7, 11) is 2.12. The Labute approximate surface area is 123 Å². The van der Waals surface area contributed by atoms with Gasteiger partial charge in [-0.05, 0) is 30.6 Å². The summed E-state index contributed by atoms with van der Waals surface area (Å²) >= 11 is 0. The molecule has 0 aliphatic heterocycles. The van der Waals surface area contributed by atoms with E-state index in [1.165, 1.54) is 11.1 Å². The largest absolute Gasteiger partial charge is 0.370 e. The number of guanidine groups is 1. The standard InChI is InChI=1S/C16H28N4/c1-5-20(4)12-15-8-6-7-14(9-15)11-19-16(17)18-10-13(2)3/h6-9,13H,5,10-12H2,1-4H3,(H3,17,18,19). The predicted molar refractivity (Wildman–Crippen MR) is 86.6 cm³/mol. The minimum absolute atomic E-state index is 0.523. The SMILES string of the molecule is CCN(C)Cc1cccc(CN=C(N)NCC(C)C)c1. The summed E-state index contributed by atoms with van der Waals surface area (Å²) in [6.45, 7) is 9.96. The van der Waals surface area contributed by atoms with E-state index in [9.17, 15) is 0 Å². The Balaban J connectivity index is 2.55. The monoisotopic (exact) mass is 276 g/mol. The van der Waals surface area contributed by atoms with Gasteiger partial charge in [-0.25, -0.2) is 4.99 Å². The molecule has 0 spiro atoms. The molecular formula is C16H28N4. The number of nitrogens with one attached hydrogen (secondary N) is 1. The first-order valence-electron chi connectivity index (χ1n) is 7.31. The van der Waals surface area contributed by atoms with Gasteiger partial charge in [-0.3, -0.25) is 0 Å². The Morgan fingerprint density at radius 1 is 1.35 bits per heavy atom. The molecule has 0 aliphatic rings. The van der Waals surface area contributed by atoms with Crippen molar-refractivity contribution in [3.8, 4) is 0 Å². The van der Waals surface area contributed by atoms with Crippen LogP contribution in [-0.2, 0) is 13.1 Å². The van der Waals surface area contributed by atoms with E-state index in [1.807, 2.05) is 0 Å². The van der Waals surface area contributed by atoms with Crippen molar-refractivity contribution in [1.29, 1.82) is 0 Å². The number of benzene rings is 1. The average Bonchev–Trinajstić information content (AvgIpc) is 2.43. The molecule has 4 nitrogen and oxygen atoms in total. The van der Waals surface area contributed by atoms with Crippen molar-refractivity contribution >= 4 is 5.96 Å². The van der Waals surface area contributed by atoms with Crippen molar-refractivity contribution in [2.45, 2.75) is 33.9 Å². The maximum Gasteiger partial charge on any atom is 0.188 e. The third-order valence-electron chi connectivity index (χ3n) is 3.11. The Morgan fingerprint density at radius 3 is 2.70 bits per heavy atom. The first kappa shape index (κ1) is 16.5. The van der Waals surface area contributed by atoms with Gasteiger partial charge in [0.25, 0.3) is 0 Å². The fourth-order valence-electron chi connectivity index (χ4n) is 1.79. The number of hydrogen-bond acceptors (Lipinski definition) is 2. The minimum Gasteiger partial charge on any atom is -0.370 e. The van der Waals surface area contributed by atoms with Crippen LogP contribution in [0.5, 0.6) is 0 Å². The maximum atomic E-state index is 5.84. The summed E-state index contributed by atoms with van der Waals surface area (Å²) < 4.78 is 0. The van der Waals surface area contributed by atoms with E-state index >= 15 is 0 Å². The Hall–Kier alpha value is -1.55. The number of aliphatic imine (C=N–C) groups is 1. The Bertz CT molecular complexity index is 426. The molecule has 1 aromatic rings. The summed E-state index contributed by atoms with van der Waals surface area (Å²) in [4.78, 5) is 6.66. The van der Waals surface area contributed by atoms with E-state index in [4.69, 9.17) is 5.73 Å². The second-order valence-corrected chi connectivity index (χ2v) is 5.63. The molecule has 0 aliphatic carbocycles. The van der Waals surface area contributed by atoms with Gasteiger partial charge in [0.05, 0.1) is 6.54 Å². The summed E-state index contributed by atoms with van der Waals surface area (Å²) in [5.74, 6) is 1.09. The van der Waals surface area contributed by atoms with Gasteiger partial charge in [-0.2, -0.15) is 0 Å². The molecule has 0 radical (unpaired) electrons. The molecule has 0 atom stereocenters. The number of rotatable bonds is 7. The van der Waals surface area contributed by atoms with Crippen molar-refractivity contribution in [1.82, 2.24) is 10.2 Å². The van der Waals surface area contributed by atoms with Gasteiger partial charge in [0, 0.05) is 13.1 Å². The third-order valence-corrected chi connectivity index (χ3v) is 3.11. The van der Waals surface area contributed by atoms with Crippen LogP contribution in [0.3, 0.4) is 0 Å². The van der Waals surface area contributed by atoms with Crippen LogP contribution in [0.2, 0.25) is 0 Å². The normalized spacial score (nSPS) is 12.2. The molecule has 0 aromatic heterocycles. The van der Waals surface area contributed by atoms with Crippen molar-refractivity contribution in [3.05, 3.63) is 35.4 Å². The Kier molecular flexibility index (Phi) is 7.09. The second kappa shape index (κ2) is 8.59. The van der Waals surface area contributed by atoms with Gasteiger partial charge in [0.15, 0.2) is 5.96 Å². The number of nitrogens with two attached hydrogens (primary N) is 1. The van der Waals surface area contributed by atoms with Crippen LogP contribution < -0.4 is 11.1 Å². The van der Waals surface area contributed by atoms with E-state index in [2.05, 4.69) is 67.3 Å². The first-order chi connectivity index (χ1) is 9.51. The summed E-state index contributed by atoms with van der Waals surface area (Å²) in [6.07, 6.45) is 0. The van der Waals surface area contributed by atoms with Crippen molar-refractivity contribution < 1.29 is 0 Å². The number of nitrogens with zero attached hydrogens (tertiary/aromatic N) is 2. The lowest BCUT2D eigenvalue weighted by atomic mass is 10.1. The molecule has 0 heterocycles. The first-order valence-corrected chi connectivity index (χ1v) is 7.31. The van der Waals surface area contributed by atoms with Crippen molar-refractivity contribution in [2.24, 2.45) is 16.6 Å². The minimum atomic E-state index is 0.523. The molecule has 1 aromatic carbocycles. The zero-order valence-corrected chi connectivity index (χ0v) is 13.2. The fourth-order valence-corrected chi connectivity index (χ4v) is 1.79. The number of hydrogen-bond donors (Lipinski definition) is 2. The van der Waals surface area contributed by atoms with Crippen LogP contribution >= 0.6 is 0 Å². The molecule has 0 fully saturated rings. The van der Waals surface area contributed by atoms with Gasteiger partial charge < -0.3 is 16.0 Å². The van der Waals surface area contributed by atoms with Crippen LogP contribution in [0.1, 0.15) is 31.9 Å². The van der Waals surface area contributed by atoms with Crippen LogP contribution in [0.15, 0.2) is 29.3 Å². The Morgan fingerprint density at radius 2 is 2.05 bits per heavy atom. The highest BCUT2D eigenvalue weighted by atomic mass is 15.1. The average molecular weight is 276 g/mol. The molecule has 1 rings (SSSR count). The molecule has 0 amide bonds. The summed E-state index contributed by atoms with van der Waals surface area (Å²) in [6, 6.07) is 8.53. The van der Waals surface area contributed by atoms with E-state index in [0.29, 0.717) is 18.4 Å². The predicted octanol–water partition coefficient (Wildman–Crippen LogP) is 2.20. The molecule has 0 bridgehead atoms. The molecule has 3 N–H and O–H groups in total. The van der Waals surface area contributed by atoms with E-state index in [0.717, 1.165) is 19.6 Å². The highest BCUT2D eigenvalue weighted by molar-refractivity contribution is 5.77. The van der Waals surface area contributed by atoms with Gasteiger partial charge in [0.2, 0.25) is 0 Å². The molecule has 112 valence electrons. The molecule has 0 saturated carbocycles. The van der Waals surface area contributed by atoms with E-state index in [-0.39, 0.29) is 0 Å².